The minimum atomic E-state index is -3.44. The van der Waals surface area contributed by atoms with E-state index in [4.69, 9.17) is 0 Å². The average molecular weight is 403 g/mol. The molecule has 0 spiro atoms. The van der Waals surface area contributed by atoms with Crippen LogP contribution in [0.4, 0.5) is 11.5 Å². The van der Waals surface area contributed by atoms with Crippen LogP contribution in [-0.2, 0) is 21.2 Å². The van der Waals surface area contributed by atoms with E-state index in [1.807, 2.05) is 24.3 Å². The Balaban J connectivity index is 1.52. The maximum absolute atomic E-state index is 12.6. The Morgan fingerprint density at radius 2 is 1.79 bits per heavy atom. The van der Waals surface area contributed by atoms with Gasteiger partial charge < -0.3 is 10.6 Å². The first-order chi connectivity index (χ1) is 13.4. The highest BCUT2D eigenvalue weighted by atomic mass is 32.2. The van der Waals surface area contributed by atoms with Gasteiger partial charge in [-0.1, -0.05) is 18.6 Å². The van der Waals surface area contributed by atoms with Crippen molar-refractivity contribution in [1.82, 2.24) is 9.29 Å². The molecule has 0 atom stereocenters. The summed E-state index contributed by atoms with van der Waals surface area (Å²) < 4.78 is 26.8. The summed E-state index contributed by atoms with van der Waals surface area (Å²) in [5.41, 5.74) is 1.90. The van der Waals surface area contributed by atoms with Gasteiger partial charge in [-0.3, -0.25) is 4.79 Å². The van der Waals surface area contributed by atoms with Gasteiger partial charge in [0.2, 0.25) is 15.9 Å². The third-order valence-electron chi connectivity index (χ3n) is 4.68. The van der Waals surface area contributed by atoms with Crippen LogP contribution < -0.4 is 10.6 Å². The molecule has 1 fully saturated rings. The number of nitrogens with zero attached hydrogens (tertiary/aromatic N) is 2. The van der Waals surface area contributed by atoms with E-state index in [2.05, 4.69) is 15.6 Å². The molecule has 0 unspecified atom stereocenters. The number of carbonyl (C=O) groups excluding carboxylic acids is 1. The van der Waals surface area contributed by atoms with E-state index in [0.29, 0.717) is 25.5 Å². The van der Waals surface area contributed by atoms with Crippen molar-refractivity contribution in [1.29, 1.82) is 0 Å². The van der Waals surface area contributed by atoms with E-state index in [9.17, 15) is 13.2 Å². The van der Waals surface area contributed by atoms with Gasteiger partial charge in [-0.15, -0.1) is 0 Å². The molecular weight excluding hydrogens is 376 g/mol. The van der Waals surface area contributed by atoms with Crippen molar-refractivity contribution >= 4 is 27.4 Å². The van der Waals surface area contributed by atoms with Crippen LogP contribution in [0.1, 0.15) is 31.7 Å². The zero-order valence-electron chi connectivity index (χ0n) is 16.0. The fourth-order valence-electron chi connectivity index (χ4n) is 3.18. The maximum atomic E-state index is 12.6. The van der Waals surface area contributed by atoms with E-state index in [1.165, 1.54) is 13.1 Å². The largest absolute Gasteiger partial charge is 0.370 e. The number of carbonyl (C=O) groups is 1. The lowest BCUT2D eigenvalue weighted by molar-refractivity contribution is -0.114. The van der Waals surface area contributed by atoms with Crippen molar-refractivity contribution in [3.05, 3.63) is 48.2 Å². The summed E-state index contributed by atoms with van der Waals surface area (Å²) in [5, 5.41) is 5.95. The molecule has 28 heavy (non-hydrogen) atoms. The number of rotatable bonds is 7. The first kappa shape index (κ1) is 20.3. The summed E-state index contributed by atoms with van der Waals surface area (Å²) in [6, 6.07) is 11.0. The van der Waals surface area contributed by atoms with Crippen LogP contribution in [-0.4, -0.2) is 43.2 Å². The summed E-state index contributed by atoms with van der Waals surface area (Å²) in [4.78, 5) is 15.5. The molecule has 2 aromatic rings. The topological polar surface area (TPSA) is 91.4 Å². The molecule has 0 aliphatic carbocycles. The molecule has 1 aromatic heterocycles. The summed E-state index contributed by atoms with van der Waals surface area (Å²) >= 11 is 0. The number of pyridine rings is 1. The highest BCUT2D eigenvalue weighted by Gasteiger charge is 2.26. The van der Waals surface area contributed by atoms with Crippen LogP contribution in [0.3, 0.4) is 0 Å². The molecule has 1 aliphatic heterocycles. The number of hydrogen-bond acceptors (Lipinski definition) is 5. The highest BCUT2D eigenvalue weighted by Crippen LogP contribution is 2.20. The monoisotopic (exact) mass is 402 g/mol. The van der Waals surface area contributed by atoms with Gasteiger partial charge in [0.05, 0.1) is 0 Å². The smallest absolute Gasteiger partial charge is 0.244 e. The van der Waals surface area contributed by atoms with Crippen LogP contribution in [0.5, 0.6) is 0 Å². The number of hydrogen-bond donors (Lipinski definition) is 2. The van der Waals surface area contributed by atoms with Crippen molar-refractivity contribution in [3.63, 3.8) is 0 Å². The molecule has 0 radical (unpaired) electrons. The van der Waals surface area contributed by atoms with Crippen LogP contribution in [0.2, 0.25) is 0 Å². The van der Waals surface area contributed by atoms with Gasteiger partial charge in [0.25, 0.3) is 0 Å². The van der Waals surface area contributed by atoms with E-state index in [-0.39, 0.29) is 10.8 Å². The Bertz CT molecular complexity index is 890. The Kier molecular flexibility index (Phi) is 6.64. The fraction of sp³-hybridized carbons (Fsp3) is 0.400. The third-order valence-corrected chi connectivity index (χ3v) is 6.57. The number of amides is 1. The van der Waals surface area contributed by atoms with Crippen molar-refractivity contribution in [3.8, 4) is 0 Å². The molecule has 8 heteroatoms. The van der Waals surface area contributed by atoms with Crippen molar-refractivity contribution in [2.24, 2.45) is 0 Å². The Hall–Kier alpha value is -2.45. The first-order valence-electron chi connectivity index (χ1n) is 9.52. The highest BCUT2D eigenvalue weighted by molar-refractivity contribution is 7.89. The number of nitrogens with one attached hydrogen (secondary N) is 2. The molecule has 2 N–H and O–H groups in total. The maximum Gasteiger partial charge on any atom is 0.244 e. The number of sulfonamides is 1. The van der Waals surface area contributed by atoms with Gasteiger partial charge in [0.1, 0.15) is 10.7 Å². The molecule has 1 aromatic carbocycles. The van der Waals surface area contributed by atoms with E-state index in [1.54, 1.807) is 16.4 Å². The molecule has 2 heterocycles. The van der Waals surface area contributed by atoms with Gasteiger partial charge in [-0.25, -0.2) is 13.4 Å². The van der Waals surface area contributed by atoms with Crippen molar-refractivity contribution in [2.45, 2.75) is 37.5 Å². The van der Waals surface area contributed by atoms with E-state index < -0.39 is 10.0 Å². The summed E-state index contributed by atoms with van der Waals surface area (Å²) in [5.74, 6) is 0.554. The van der Waals surface area contributed by atoms with E-state index in [0.717, 1.165) is 36.9 Å². The van der Waals surface area contributed by atoms with Crippen LogP contribution in [0.25, 0.3) is 0 Å². The van der Waals surface area contributed by atoms with E-state index >= 15 is 0 Å². The molecule has 1 amide bonds. The molecule has 3 rings (SSSR count). The molecule has 0 bridgehead atoms. The quantitative estimate of drug-likeness (QED) is 0.743. The van der Waals surface area contributed by atoms with Crippen LogP contribution >= 0.6 is 0 Å². The molecule has 150 valence electrons. The van der Waals surface area contributed by atoms with Gasteiger partial charge in [0, 0.05) is 38.4 Å². The Morgan fingerprint density at radius 3 is 2.39 bits per heavy atom. The lowest BCUT2D eigenvalue weighted by Gasteiger charge is -2.25. The first-order valence-corrected chi connectivity index (χ1v) is 11.0. The van der Waals surface area contributed by atoms with Gasteiger partial charge >= 0.3 is 0 Å². The number of benzene rings is 1. The van der Waals surface area contributed by atoms with Gasteiger partial charge in [-0.2, -0.15) is 4.31 Å². The lowest BCUT2D eigenvalue weighted by atomic mass is 10.1. The van der Waals surface area contributed by atoms with Gasteiger partial charge in [-0.05, 0) is 49.1 Å². The molecule has 1 aliphatic rings. The summed E-state index contributed by atoms with van der Waals surface area (Å²) in [6.07, 6.45) is 5.13. The lowest BCUT2D eigenvalue weighted by Crippen LogP contribution is -2.35. The van der Waals surface area contributed by atoms with Crippen LogP contribution in [0, 0.1) is 0 Å². The zero-order valence-corrected chi connectivity index (χ0v) is 16.8. The molecule has 7 nitrogen and oxygen atoms in total. The number of anilines is 2. The summed E-state index contributed by atoms with van der Waals surface area (Å²) in [7, 11) is -3.44. The number of aromatic nitrogens is 1. The minimum Gasteiger partial charge on any atom is -0.370 e. The number of piperidine rings is 1. The Labute approximate surface area is 166 Å². The second-order valence-electron chi connectivity index (χ2n) is 6.90. The Morgan fingerprint density at radius 1 is 1.07 bits per heavy atom. The minimum absolute atomic E-state index is 0.0914. The standard InChI is InChI=1S/C20H26N4O3S/c1-16(25)23-18-7-5-17(6-8-18)11-12-21-20-10-9-19(15-22-20)28(26,27)24-13-3-2-4-14-24/h5-10,15H,2-4,11-14H2,1H3,(H,21,22)(H,23,25). The average Bonchev–Trinajstić information content (AvgIpc) is 2.70. The predicted octanol–water partition coefficient (Wildman–Crippen LogP) is 2.87. The normalized spacial score (nSPS) is 15.2. The second kappa shape index (κ2) is 9.16. The predicted molar refractivity (Wildman–Crippen MR) is 110 cm³/mol. The zero-order chi connectivity index (χ0) is 20.0. The van der Waals surface area contributed by atoms with Crippen molar-refractivity contribution in [2.75, 3.05) is 30.3 Å². The summed E-state index contributed by atoms with van der Waals surface area (Å²) in [6.45, 7) is 3.32. The second-order valence-corrected chi connectivity index (χ2v) is 8.84. The van der Waals surface area contributed by atoms with Gasteiger partial charge in [0.15, 0.2) is 0 Å². The van der Waals surface area contributed by atoms with Crippen molar-refractivity contribution < 1.29 is 13.2 Å². The molecule has 0 saturated carbocycles. The molecule has 1 saturated heterocycles. The third kappa shape index (κ3) is 5.30. The SMILES string of the molecule is CC(=O)Nc1ccc(CCNc2ccc(S(=O)(=O)N3CCCCC3)cn2)cc1. The fourth-order valence-corrected chi connectivity index (χ4v) is 4.65. The van der Waals surface area contributed by atoms with Crippen LogP contribution in [0.15, 0.2) is 47.5 Å². The molecular formula is C20H26N4O3S.